The molecule has 1 fully saturated rings. The average molecular weight is 436 g/mol. The zero-order valence-electron chi connectivity index (χ0n) is 16.0. The lowest BCUT2D eigenvalue weighted by atomic mass is 10.2. The Bertz CT molecular complexity index is 1130. The van der Waals surface area contributed by atoms with Crippen molar-refractivity contribution in [3.8, 4) is 0 Å². The van der Waals surface area contributed by atoms with Gasteiger partial charge in [-0.25, -0.2) is 17.8 Å². The zero-order valence-corrected chi connectivity index (χ0v) is 17.7. The van der Waals surface area contributed by atoms with Crippen LogP contribution in [0.25, 0.3) is 11.0 Å². The fourth-order valence-corrected chi connectivity index (χ4v) is 5.82. The number of aryl methyl sites for hydroxylation is 1. The lowest BCUT2D eigenvalue weighted by molar-refractivity contribution is 0.0730. The van der Waals surface area contributed by atoms with Gasteiger partial charge in [0.25, 0.3) is 0 Å². The number of thioether (sulfide) groups is 1. The highest BCUT2D eigenvalue weighted by Crippen LogP contribution is 2.29. The van der Waals surface area contributed by atoms with E-state index >= 15 is 0 Å². The molecule has 0 N–H and O–H groups in total. The Morgan fingerprint density at radius 2 is 1.97 bits per heavy atom. The van der Waals surface area contributed by atoms with Gasteiger partial charge in [0.2, 0.25) is 10.0 Å². The van der Waals surface area contributed by atoms with E-state index in [0.717, 1.165) is 16.2 Å². The van der Waals surface area contributed by atoms with E-state index in [0.29, 0.717) is 44.1 Å². The molecule has 9 heteroatoms. The van der Waals surface area contributed by atoms with Gasteiger partial charge >= 0.3 is 0 Å². The lowest BCUT2D eigenvalue weighted by Gasteiger charge is -2.26. The Morgan fingerprint density at radius 1 is 1.17 bits per heavy atom. The number of rotatable bonds is 6. The third kappa shape index (κ3) is 4.18. The van der Waals surface area contributed by atoms with Crippen molar-refractivity contribution in [3.63, 3.8) is 0 Å². The molecule has 154 valence electrons. The fraction of sp³-hybridized carbons (Fsp3) is 0.350. The number of hydrogen-bond donors (Lipinski definition) is 0. The van der Waals surface area contributed by atoms with Gasteiger partial charge in [0, 0.05) is 25.4 Å². The van der Waals surface area contributed by atoms with Crippen LogP contribution in [0.15, 0.2) is 52.5 Å². The molecule has 1 aromatic heterocycles. The van der Waals surface area contributed by atoms with Crippen molar-refractivity contribution in [3.05, 3.63) is 53.8 Å². The first-order valence-electron chi connectivity index (χ1n) is 9.44. The van der Waals surface area contributed by atoms with Crippen molar-refractivity contribution in [1.29, 1.82) is 0 Å². The quantitative estimate of drug-likeness (QED) is 0.555. The van der Waals surface area contributed by atoms with Gasteiger partial charge in [-0.15, -0.1) is 0 Å². The van der Waals surface area contributed by atoms with E-state index in [4.69, 9.17) is 4.74 Å². The second-order valence-corrected chi connectivity index (χ2v) is 9.60. The van der Waals surface area contributed by atoms with Gasteiger partial charge in [-0.3, -0.25) is 0 Å². The van der Waals surface area contributed by atoms with E-state index in [9.17, 15) is 12.8 Å². The topological polar surface area (TPSA) is 64.4 Å². The second kappa shape index (κ2) is 8.43. The molecule has 0 amide bonds. The summed E-state index contributed by atoms with van der Waals surface area (Å²) < 4.78 is 48.0. The Hall–Kier alpha value is -1.94. The van der Waals surface area contributed by atoms with Gasteiger partial charge < -0.3 is 9.30 Å². The van der Waals surface area contributed by atoms with Gasteiger partial charge in [-0.2, -0.15) is 4.31 Å². The number of nitrogens with zero attached hydrogens (tertiary/aromatic N) is 3. The number of hydrogen-bond acceptors (Lipinski definition) is 5. The molecule has 3 aromatic rings. The summed E-state index contributed by atoms with van der Waals surface area (Å²) in [4.78, 5) is 4.91. The molecule has 1 aliphatic heterocycles. The minimum atomic E-state index is -3.57. The molecule has 0 aliphatic carbocycles. The maximum atomic E-state index is 13.4. The van der Waals surface area contributed by atoms with E-state index in [1.54, 1.807) is 18.2 Å². The summed E-state index contributed by atoms with van der Waals surface area (Å²) in [6, 6.07) is 11.6. The number of ether oxygens (including phenoxy) is 1. The minimum Gasteiger partial charge on any atom is -0.379 e. The Kier molecular flexibility index (Phi) is 5.91. The number of benzene rings is 2. The van der Waals surface area contributed by atoms with Crippen molar-refractivity contribution >= 4 is 32.8 Å². The van der Waals surface area contributed by atoms with Crippen LogP contribution in [0.5, 0.6) is 0 Å². The number of aromatic nitrogens is 2. The molecule has 2 aromatic carbocycles. The third-order valence-corrected chi connectivity index (χ3v) is 7.81. The van der Waals surface area contributed by atoms with Gasteiger partial charge in [0.15, 0.2) is 5.16 Å². The van der Waals surface area contributed by atoms with Crippen LogP contribution in [0.1, 0.15) is 12.5 Å². The monoisotopic (exact) mass is 435 g/mol. The highest BCUT2D eigenvalue weighted by molar-refractivity contribution is 7.98. The smallest absolute Gasteiger partial charge is 0.243 e. The Morgan fingerprint density at radius 3 is 2.69 bits per heavy atom. The fourth-order valence-electron chi connectivity index (χ4n) is 3.37. The first-order chi connectivity index (χ1) is 14.0. The van der Waals surface area contributed by atoms with Crippen molar-refractivity contribution in [2.24, 2.45) is 0 Å². The molecule has 0 spiro atoms. The van der Waals surface area contributed by atoms with Gasteiger partial charge in [0.05, 0.1) is 29.1 Å². The van der Waals surface area contributed by atoms with E-state index < -0.39 is 10.0 Å². The minimum absolute atomic E-state index is 0.245. The largest absolute Gasteiger partial charge is 0.379 e. The molecule has 1 saturated heterocycles. The molecule has 0 saturated carbocycles. The van der Waals surface area contributed by atoms with Crippen LogP contribution in [0.4, 0.5) is 4.39 Å². The normalized spacial score (nSPS) is 15.8. The van der Waals surface area contributed by atoms with Crippen LogP contribution < -0.4 is 0 Å². The van der Waals surface area contributed by atoms with Crippen molar-refractivity contribution in [2.75, 3.05) is 26.3 Å². The van der Waals surface area contributed by atoms with Crippen LogP contribution in [0.2, 0.25) is 0 Å². The molecule has 1 aliphatic rings. The molecule has 4 rings (SSSR count). The molecule has 2 heterocycles. The third-order valence-electron chi connectivity index (χ3n) is 4.87. The summed E-state index contributed by atoms with van der Waals surface area (Å²) in [6.07, 6.45) is 0. The highest BCUT2D eigenvalue weighted by atomic mass is 32.2. The van der Waals surface area contributed by atoms with E-state index in [1.165, 1.54) is 28.2 Å². The van der Waals surface area contributed by atoms with Crippen molar-refractivity contribution < 1.29 is 17.5 Å². The lowest BCUT2D eigenvalue weighted by Crippen LogP contribution is -2.40. The summed E-state index contributed by atoms with van der Waals surface area (Å²) in [5.74, 6) is 0.324. The predicted molar refractivity (Wildman–Crippen MR) is 111 cm³/mol. The van der Waals surface area contributed by atoms with Gasteiger partial charge in [-0.05, 0) is 42.8 Å². The number of fused-ring (bicyclic) bond motifs is 1. The average Bonchev–Trinajstić information content (AvgIpc) is 3.09. The molecule has 6 nitrogen and oxygen atoms in total. The summed E-state index contributed by atoms with van der Waals surface area (Å²) in [5.41, 5.74) is 2.40. The second-order valence-electron chi connectivity index (χ2n) is 6.72. The summed E-state index contributed by atoms with van der Waals surface area (Å²) in [7, 11) is -3.57. The maximum Gasteiger partial charge on any atom is 0.243 e. The zero-order chi connectivity index (χ0) is 20.4. The molecule has 29 heavy (non-hydrogen) atoms. The molecule has 0 unspecified atom stereocenters. The maximum absolute atomic E-state index is 13.4. The number of morpholine rings is 1. The van der Waals surface area contributed by atoms with E-state index in [1.807, 2.05) is 23.6 Å². The van der Waals surface area contributed by atoms with Crippen LogP contribution in [-0.4, -0.2) is 48.6 Å². The number of sulfonamides is 1. The Balaban J connectivity index is 1.63. The summed E-state index contributed by atoms with van der Waals surface area (Å²) in [5, 5.41) is 0.785. The Labute approximate surface area is 173 Å². The van der Waals surface area contributed by atoms with Crippen LogP contribution in [0.3, 0.4) is 0 Å². The van der Waals surface area contributed by atoms with Crippen molar-refractivity contribution in [1.82, 2.24) is 13.9 Å². The molecular formula is C20H22FN3O3S2. The first-order valence-corrected chi connectivity index (χ1v) is 11.9. The predicted octanol–water partition coefficient (Wildman–Crippen LogP) is 3.51. The molecule has 0 radical (unpaired) electrons. The molecule has 0 bridgehead atoms. The number of halogens is 1. The van der Waals surface area contributed by atoms with E-state index in [-0.39, 0.29) is 10.7 Å². The SMILES string of the molecule is CCn1c(SCc2cccc(F)c2)nc2cc(S(=O)(=O)N3CCOCC3)ccc21. The van der Waals surface area contributed by atoms with Crippen molar-refractivity contribution in [2.45, 2.75) is 29.3 Å². The van der Waals surface area contributed by atoms with Gasteiger partial charge in [-0.1, -0.05) is 23.9 Å². The van der Waals surface area contributed by atoms with Crippen LogP contribution in [-0.2, 0) is 27.1 Å². The standard InChI is InChI=1S/C20H22FN3O3S2/c1-2-24-19-7-6-17(29(25,26)23-8-10-27-11-9-23)13-18(19)22-20(24)28-14-15-4-3-5-16(21)12-15/h3-7,12-13H,2,8-11,14H2,1H3. The summed E-state index contributed by atoms with van der Waals surface area (Å²) >= 11 is 1.51. The number of imidazole rings is 1. The molecular weight excluding hydrogens is 413 g/mol. The van der Waals surface area contributed by atoms with Crippen LogP contribution in [0, 0.1) is 5.82 Å². The summed E-state index contributed by atoms with van der Waals surface area (Å²) in [6.45, 7) is 4.26. The first kappa shape index (κ1) is 20.3. The highest BCUT2D eigenvalue weighted by Gasteiger charge is 2.27. The van der Waals surface area contributed by atoms with E-state index in [2.05, 4.69) is 4.98 Å². The van der Waals surface area contributed by atoms with Gasteiger partial charge in [0.1, 0.15) is 5.82 Å². The van der Waals surface area contributed by atoms with Crippen LogP contribution >= 0.6 is 11.8 Å². The molecule has 0 atom stereocenters.